The van der Waals surface area contributed by atoms with Gasteiger partial charge in [0.25, 0.3) is 5.92 Å². The molecule has 0 saturated heterocycles. The summed E-state index contributed by atoms with van der Waals surface area (Å²) in [5, 5.41) is 10.0. The van der Waals surface area contributed by atoms with E-state index in [1.54, 1.807) is 12.1 Å². The van der Waals surface area contributed by atoms with Crippen LogP contribution in [0.2, 0.25) is 0 Å². The van der Waals surface area contributed by atoms with Crippen molar-refractivity contribution in [2.45, 2.75) is 55.6 Å². The van der Waals surface area contributed by atoms with Crippen molar-refractivity contribution < 1.29 is 28.6 Å². The van der Waals surface area contributed by atoms with Gasteiger partial charge in [-0.15, -0.1) is 0 Å². The molecule has 0 unspecified atom stereocenters. The lowest BCUT2D eigenvalue weighted by molar-refractivity contribution is -0.172. The van der Waals surface area contributed by atoms with Crippen molar-refractivity contribution >= 4 is 45.7 Å². The minimum atomic E-state index is -3.07. The van der Waals surface area contributed by atoms with Crippen LogP contribution in [-0.4, -0.2) is 59.9 Å². The Balaban J connectivity index is 1.38. The lowest BCUT2D eigenvalue weighted by Crippen LogP contribution is -2.61. The smallest absolute Gasteiger partial charge is 0.407 e. The summed E-state index contributed by atoms with van der Waals surface area (Å²) < 4.78 is 67.8. The molecule has 4 aromatic heterocycles. The molecule has 2 amide bonds. The first-order valence-electron chi connectivity index (χ1n) is 14.4. The summed E-state index contributed by atoms with van der Waals surface area (Å²) >= 11 is 0. The average molecular weight is 560 g/mol. The van der Waals surface area contributed by atoms with Crippen LogP contribution >= 0.6 is 0 Å². The fourth-order valence-corrected chi connectivity index (χ4v) is 5.55. The molecule has 0 aromatic carbocycles. The number of alkyl halides is 2. The van der Waals surface area contributed by atoms with E-state index in [-0.39, 0.29) is 41.2 Å². The van der Waals surface area contributed by atoms with Gasteiger partial charge in [0.05, 0.1) is 31.9 Å². The normalized spacial score (nSPS) is 24.9. The zero-order chi connectivity index (χ0) is 31.8. The molecule has 13 nitrogen and oxygen atoms in total. The standard InChI is InChI=1S/C25H27F2N9O4/c1-34-17-10-29-19(8-16(17)35(23(34)39)15-5-4-14(7-15)31-22(38)40-2)32-18-6-3-13-9-30-36(20(13)33-18)24(21(28)37)11-25(26,27)12-24/h3,6,8-10,14-15H,4-5,7,11-12H2,1-2H3,(H2,28,37)(H,31,38)(H,29,32,33)/t14-,15-/m1/s1/i1D3,14D. The summed E-state index contributed by atoms with van der Waals surface area (Å²) in [6, 6.07) is 2.57. The minimum Gasteiger partial charge on any atom is -0.453 e. The number of carbonyl (C=O) groups excluding carboxylic acids is 2. The molecule has 6 rings (SSSR count). The number of alkyl carbamates (subject to hydrolysis) is 1. The molecule has 2 fully saturated rings. The molecule has 0 bridgehead atoms. The third kappa shape index (κ3) is 4.03. The SMILES string of the molecule is [2H]C([2H])([2H])n1c(=O)n([C@@H]2CC[C@@]([2H])(NC(=O)OC)C2)c2cc(Nc3ccc4cnn(C5(C(N)=O)CC(F)(F)C5)c4n3)ncc21. The van der Waals surface area contributed by atoms with Crippen LogP contribution in [0.5, 0.6) is 0 Å². The lowest BCUT2D eigenvalue weighted by Gasteiger charge is -2.44. The lowest BCUT2D eigenvalue weighted by atomic mass is 9.73. The van der Waals surface area contributed by atoms with Crippen LogP contribution in [0.4, 0.5) is 25.2 Å². The number of nitrogens with one attached hydrogen (secondary N) is 2. The number of pyridine rings is 2. The number of hydrogen-bond donors (Lipinski definition) is 3. The number of carbonyl (C=O) groups is 2. The van der Waals surface area contributed by atoms with E-state index in [0.29, 0.717) is 16.4 Å². The van der Waals surface area contributed by atoms with E-state index in [0.717, 1.165) is 4.68 Å². The van der Waals surface area contributed by atoms with Crippen molar-refractivity contribution in [2.24, 2.45) is 12.7 Å². The first kappa shape index (κ1) is 21.3. The predicted molar refractivity (Wildman–Crippen MR) is 139 cm³/mol. The van der Waals surface area contributed by atoms with E-state index in [9.17, 15) is 23.2 Å². The van der Waals surface area contributed by atoms with Crippen molar-refractivity contribution in [2.75, 3.05) is 12.4 Å². The third-order valence-electron chi connectivity index (χ3n) is 7.49. The summed E-state index contributed by atoms with van der Waals surface area (Å²) in [7, 11) is 1.17. The Labute approximate surface area is 230 Å². The van der Waals surface area contributed by atoms with Crippen LogP contribution in [-0.2, 0) is 22.0 Å². The topological polar surface area (TPSA) is 164 Å². The highest BCUT2D eigenvalue weighted by Crippen LogP contribution is 2.50. The van der Waals surface area contributed by atoms with Crippen molar-refractivity contribution in [1.29, 1.82) is 0 Å². The van der Waals surface area contributed by atoms with E-state index in [1.807, 2.05) is 0 Å². The van der Waals surface area contributed by atoms with Crippen molar-refractivity contribution in [3.05, 3.63) is 41.1 Å². The van der Waals surface area contributed by atoms with Gasteiger partial charge in [-0.25, -0.2) is 33.0 Å². The first-order valence-corrected chi connectivity index (χ1v) is 12.4. The second kappa shape index (κ2) is 8.99. The first-order chi connectivity index (χ1) is 20.6. The summed E-state index contributed by atoms with van der Waals surface area (Å²) in [5.41, 5.74) is 3.32. The molecule has 2 aliphatic carbocycles. The number of ether oxygens (including phenoxy) is 1. The van der Waals surface area contributed by atoms with Crippen LogP contribution in [0.1, 0.15) is 43.6 Å². The maximum Gasteiger partial charge on any atom is 0.407 e. The highest BCUT2D eigenvalue weighted by Gasteiger charge is 2.62. The number of fused-ring (bicyclic) bond motifs is 2. The Morgan fingerprint density at radius 3 is 2.73 bits per heavy atom. The monoisotopic (exact) mass is 559 g/mol. The number of methoxy groups -OCH3 is 1. The summed E-state index contributed by atoms with van der Waals surface area (Å²) in [6.07, 6.45) is 0.682. The number of nitrogens with two attached hydrogens (primary N) is 1. The average Bonchev–Trinajstić information content (AvgIpc) is 3.59. The largest absolute Gasteiger partial charge is 0.453 e. The molecule has 2 saturated carbocycles. The van der Waals surface area contributed by atoms with Crippen LogP contribution in [0.3, 0.4) is 0 Å². The molecule has 15 heteroatoms. The Kier molecular flexibility index (Phi) is 4.79. The van der Waals surface area contributed by atoms with Gasteiger partial charge in [-0.05, 0) is 31.4 Å². The second-order valence-electron chi connectivity index (χ2n) is 10.1. The fraction of sp³-hybridized carbons (Fsp3) is 0.440. The molecule has 4 N–H and O–H groups in total. The number of imidazole rings is 1. The zero-order valence-electron chi connectivity index (χ0n) is 25.1. The Hall–Kier alpha value is -4.56. The number of anilines is 2. The summed E-state index contributed by atoms with van der Waals surface area (Å²) in [6.45, 7) is -2.84. The highest BCUT2D eigenvalue weighted by molar-refractivity contribution is 5.87. The van der Waals surface area contributed by atoms with E-state index in [2.05, 4.69) is 30.4 Å². The number of aryl methyl sites for hydroxylation is 1. The van der Waals surface area contributed by atoms with E-state index in [4.69, 9.17) is 11.2 Å². The quantitative estimate of drug-likeness (QED) is 0.324. The Bertz CT molecular complexity index is 1880. The molecular weight excluding hydrogens is 528 g/mol. The van der Waals surface area contributed by atoms with Crippen molar-refractivity contribution in [1.82, 2.24) is 34.2 Å². The Morgan fingerprint density at radius 2 is 2.02 bits per heavy atom. The maximum absolute atomic E-state index is 13.9. The summed E-state index contributed by atoms with van der Waals surface area (Å²) in [4.78, 5) is 46.3. The van der Waals surface area contributed by atoms with Crippen LogP contribution in [0, 0.1) is 0 Å². The number of primary amides is 1. The van der Waals surface area contributed by atoms with Crippen LogP contribution in [0.25, 0.3) is 22.1 Å². The van der Waals surface area contributed by atoms with Gasteiger partial charge in [0, 0.05) is 47.4 Å². The molecule has 210 valence electrons. The van der Waals surface area contributed by atoms with Gasteiger partial charge in [-0.2, -0.15) is 5.10 Å². The van der Waals surface area contributed by atoms with Gasteiger partial charge in [0.1, 0.15) is 11.6 Å². The van der Waals surface area contributed by atoms with Crippen molar-refractivity contribution in [3.8, 4) is 0 Å². The molecule has 4 heterocycles. The van der Waals surface area contributed by atoms with Gasteiger partial charge in [0.15, 0.2) is 11.2 Å². The van der Waals surface area contributed by atoms with E-state index in [1.165, 1.54) is 30.1 Å². The molecule has 2 atom stereocenters. The third-order valence-corrected chi connectivity index (χ3v) is 7.49. The molecule has 4 aromatic rings. The number of halogens is 2. The highest BCUT2D eigenvalue weighted by atomic mass is 19.3. The zero-order valence-corrected chi connectivity index (χ0v) is 21.1. The number of rotatable bonds is 6. The van der Waals surface area contributed by atoms with E-state index >= 15 is 0 Å². The molecule has 0 aliphatic heterocycles. The Morgan fingerprint density at radius 1 is 1.23 bits per heavy atom. The van der Waals surface area contributed by atoms with Gasteiger partial charge >= 0.3 is 11.8 Å². The molecular formula is C25H27F2N9O4. The second-order valence-corrected chi connectivity index (χ2v) is 10.1. The van der Waals surface area contributed by atoms with E-state index < -0.39 is 61.0 Å². The number of aromatic nitrogens is 6. The van der Waals surface area contributed by atoms with Gasteiger partial charge in [0.2, 0.25) is 5.91 Å². The van der Waals surface area contributed by atoms with Gasteiger partial charge in [-0.1, -0.05) is 0 Å². The number of hydrogen-bond acceptors (Lipinski definition) is 8. The predicted octanol–water partition coefficient (Wildman–Crippen LogP) is 2.28. The van der Waals surface area contributed by atoms with Crippen LogP contribution in [0.15, 0.2) is 35.4 Å². The van der Waals surface area contributed by atoms with Crippen LogP contribution < -0.4 is 22.1 Å². The van der Waals surface area contributed by atoms with Crippen molar-refractivity contribution in [3.63, 3.8) is 0 Å². The molecule has 0 spiro atoms. The fourth-order valence-electron chi connectivity index (χ4n) is 5.55. The minimum absolute atomic E-state index is 0.01000. The molecule has 40 heavy (non-hydrogen) atoms. The maximum atomic E-state index is 13.9. The van der Waals surface area contributed by atoms with Gasteiger partial charge < -0.3 is 21.1 Å². The number of nitrogens with zero attached hydrogens (tertiary/aromatic N) is 6. The molecule has 0 radical (unpaired) electrons. The summed E-state index contributed by atoms with van der Waals surface area (Å²) in [5.74, 6) is -3.68. The molecule has 2 aliphatic rings. The van der Waals surface area contributed by atoms with Gasteiger partial charge in [-0.3, -0.25) is 13.9 Å². The number of amides is 2.